The first-order valence-corrected chi connectivity index (χ1v) is 9.65. The Hall–Kier alpha value is -3.60. The molecule has 0 bridgehead atoms. The van der Waals surface area contributed by atoms with Gasteiger partial charge in [-0.1, -0.05) is 50.2 Å². The van der Waals surface area contributed by atoms with Crippen LogP contribution < -0.4 is 10.1 Å². The second-order valence-corrected chi connectivity index (χ2v) is 7.31. The first kappa shape index (κ1) is 18.7. The Bertz CT molecular complexity index is 1130. The normalized spacial score (nSPS) is 11.0. The highest BCUT2D eigenvalue weighted by molar-refractivity contribution is 6.07. The SMILES string of the molecule is CC(C)c1ccc(OCc2ccccc2)c(C(=O)Nc2ccc3[nH]ncc3c2)c1. The Morgan fingerprint density at radius 1 is 1.07 bits per heavy atom. The third kappa shape index (κ3) is 4.29. The lowest BCUT2D eigenvalue weighted by atomic mass is 10.00. The molecule has 1 amide bonds. The minimum atomic E-state index is -0.196. The fraction of sp³-hybridized carbons (Fsp3) is 0.167. The summed E-state index contributed by atoms with van der Waals surface area (Å²) in [5.41, 5.74) is 4.31. The van der Waals surface area contributed by atoms with Gasteiger partial charge in [0.05, 0.1) is 17.3 Å². The Morgan fingerprint density at radius 3 is 2.69 bits per heavy atom. The van der Waals surface area contributed by atoms with Crippen molar-refractivity contribution in [1.82, 2.24) is 10.2 Å². The van der Waals surface area contributed by atoms with Gasteiger partial charge in [-0.15, -0.1) is 0 Å². The fourth-order valence-electron chi connectivity index (χ4n) is 3.16. The number of carbonyl (C=O) groups excluding carboxylic acids is 1. The van der Waals surface area contributed by atoms with Crippen molar-refractivity contribution < 1.29 is 9.53 Å². The van der Waals surface area contributed by atoms with Gasteiger partial charge < -0.3 is 10.1 Å². The molecule has 2 N–H and O–H groups in total. The molecule has 29 heavy (non-hydrogen) atoms. The number of hydrogen-bond donors (Lipinski definition) is 2. The fourth-order valence-corrected chi connectivity index (χ4v) is 3.16. The van der Waals surface area contributed by atoms with E-state index in [0.29, 0.717) is 29.5 Å². The quantitative estimate of drug-likeness (QED) is 0.459. The van der Waals surface area contributed by atoms with E-state index in [1.807, 2.05) is 66.7 Å². The number of fused-ring (bicyclic) bond motifs is 1. The summed E-state index contributed by atoms with van der Waals surface area (Å²) >= 11 is 0. The second kappa shape index (κ2) is 8.19. The van der Waals surface area contributed by atoms with Gasteiger partial charge in [0.15, 0.2) is 0 Å². The smallest absolute Gasteiger partial charge is 0.259 e. The molecule has 0 aliphatic heterocycles. The van der Waals surface area contributed by atoms with Crippen LogP contribution in [0.2, 0.25) is 0 Å². The van der Waals surface area contributed by atoms with Gasteiger partial charge in [-0.25, -0.2) is 0 Å². The van der Waals surface area contributed by atoms with E-state index in [-0.39, 0.29) is 5.91 Å². The van der Waals surface area contributed by atoms with Crippen LogP contribution in [0.1, 0.15) is 41.3 Å². The molecule has 0 fully saturated rings. The van der Waals surface area contributed by atoms with Crippen LogP contribution in [0.3, 0.4) is 0 Å². The van der Waals surface area contributed by atoms with E-state index in [2.05, 4.69) is 29.4 Å². The van der Waals surface area contributed by atoms with Crippen LogP contribution in [0.5, 0.6) is 5.75 Å². The Morgan fingerprint density at radius 2 is 1.90 bits per heavy atom. The summed E-state index contributed by atoms with van der Waals surface area (Å²) in [6.45, 7) is 4.62. The average molecular weight is 385 g/mol. The summed E-state index contributed by atoms with van der Waals surface area (Å²) in [7, 11) is 0. The van der Waals surface area contributed by atoms with E-state index in [0.717, 1.165) is 22.0 Å². The number of nitrogens with one attached hydrogen (secondary N) is 2. The van der Waals surface area contributed by atoms with Crippen molar-refractivity contribution in [2.75, 3.05) is 5.32 Å². The number of rotatable bonds is 6. The number of anilines is 1. The number of aromatic amines is 1. The molecule has 0 saturated carbocycles. The Balaban J connectivity index is 1.60. The van der Waals surface area contributed by atoms with E-state index in [9.17, 15) is 4.79 Å². The number of aromatic nitrogens is 2. The molecule has 0 spiro atoms. The van der Waals surface area contributed by atoms with E-state index >= 15 is 0 Å². The average Bonchev–Trinajstić information content (AvgIpc) is 3.20. The standard InChI is InChI=1S/C24H23N3O2/c1-16(2)18-8-11-23(29-15-17-6-4-3-5-7-17)21(13-18)24(28)26-20-9-10-22-19(12-20)14-25-27-22/h3-14,16H,15H2,1-2H3,(H,25,27)(H,26,28). The lowest BCUT2D eigenvalue weighted by Crippen LogP contribution is -2.14. The number of carbonyl (C=O) groups is 1. The van der Waals surface area contributed by atoms with Crippen LogP contribution in [0.25, 0.3) is 10.9 Å². The van der Waals surface area contributed by atoms with E-state index in [4.69, 9.17) is 4.74 Å². The minimum absolute atomic E-state index is 0.196. The summed E-state index contributed by atoms with van der Waals surface area (Å²) in [5.74, 6) is 0.686. The van der Waals surface area contributed by atoms with Crippen LogP contribution in [0, 0.1) is 0 Å². The monoisotopic (exact) mass is 385 g/mol. The van der Waals surface area contributed by atoms with Crippen LogP contribution in [0.4, 0.5) is 5.69 Å². The van der Waals surface area contributed by atoms with Gasteiger partial charge in [0.1, 0.15) is 12.4 Å². The first-order chi connectivity index (χ1) is 14.1. The number of hydrogen-bond acceptors (Lipinski definition) is 3. The lowest BCUT2D eigenvalue weighted by Gasteiger charge is -2.15. The second-order valence-electron chi connectivity index (χ2n) is 7.31. The summed E-state index contributed by atoms with van der Waals surface area (Å²) in [4.78, 5) is 13.1. The number of H-pyrrole nitrogens is 1. The van der Waals surface area contributed by atoms with E-state index in [1.54, 1.807) is 6.20 Å². The first-order valence-electron chi connectivity index (χ1n) is 9.65. The highest BCUT2D eigenvalue weighted by Crippen LogP contribution is 2.27. The topological polar surface area (TPSA) is 67.0 Å². The zero-order valence-electron chi connectivity index (χ0n) is 16.5. The van der Waals surface area contributed by atoms with Gasteiger partial charge in [0.2, 0.25) is 0 Å². The maximum Gasteiger partial charge on any atom is 0.259 e. The predicted molar refractivity (Wildman–Crippen MR) is 115 cm³/mol. The van der Waals surface area contributed by atoms with Crippen molar-refractivity contribution in [3.8, 4) is 5.75 Å². The largest absolute Gasteiger partial charge is 0.488 e. The van der Waals surface area contributed by atoms with Crippen molar-refractivity contribution in [2.24, 2.45) is 0 Å². The van der Waals surface area contributed by atoms with Crippen LogP contribution in [0.15, 0.2) is 72.9 Å². The van der Waals surface area contributed by atoms with E-state index < -0.39 is 0 Å². The number of amides is 1. The highest BCUT2D eigenvalue weighted by atomic mass is 16.5. The van der Waals surface area contributed by atoms with Gasteiger partial charge in [-0.05, 0) is 47.4 Å². The molecule has 3 aromatic carbocycles. The maximum atomic E-state index is 13.1. The van der Waals surface area contributed by atoms with Crippen molar-refractivity contribution in [2.45, 2.75) is 26.4 Å². The summed E-state index contributed by atoms with van der Waals surface area (Å²) in [6.07, 6.45) is 1.73. The lowest BCUT2D eigenvalue weighted by molar-refractivity contribution is 0.102. The van der Waals surface area contributed by atoms with Crippen molar-refractivity contribution >= 4 is 22.5 Å². The summed E-state index contributed by atoms with van der Waals surface area (Å²) in [5, 5.41) is 10.9. The molecule has 5 heteroatoms. The van der Waals surface area contributed by atoms with Gasteiger partial charge in [-0.2, -0.15) is 5.10 Å². The highest BCUT2D eigenvalue weighted by Gasteiger charge is 2.16. The third-order valence-corrected chi connectivity index (χ3v) is 4.85. The number of nitrogens with zero attached hydrogens (tertiary/aromatic N) is 1. The molecule has 0 aliphatic carbocycles. The van der Waals surface area contributed by atoms with Crippen molar-refractivity contribution in [3.05, 3.63) is 89.6 Å². The zero-order chi connectivity index (χ0) is 20.2. The van der Waals surface area contributed by atoms with E-state index in [1.165, 1.54) is 0 Å². The third-order valence-electron chi connectivity index (χ3n) is 4.85. The molecule has 1 aromatic heterocycles. The molecule has 146 valence electrons. The molecule has 0 radical (unpaired) electrons. The molecule has 0 atom stereocenters. The minimum Gasteiger partial charge on any atom is -0.488 e. The molecule has 0 saturated heterocycles. The zero-order valence-corrected chi connectivity index (χ0v) is 16.5. The molecule has 5 nitrogen and oxygen atoms in total. The Labute approximate surface area is 169 Å². The van der Waals surface area contributed by atoms with Gasteiger partial charge in [-0.3, -0.25) is 9.89 Å². The molecular formula is C24H23N3O2. The van der Waals surface area contributed by atoms with Crippen molar-refractivity contribution in [3.63, 3.8) is 0 Å². The predicted octanol–water partition coefficient (Wildman–Crippen LogP) is 5.52. The Kier molecular flexibility index (Phi) is 5.29. The van der Waals surface area contributed by atoms with Crippen LogP contribution in [-0.4, -0.2) is 16.1 Å². The summed E-state index contributed by atoms with van der Waals surface area (Å²) in [6, 6.07) is 21.4. The molecule has 4 rings (SSSR count). The van der Waals surface area contributed by atoms with Crippen LogP contribution >= 0.6 is 0 Å². The summed E-state index contributed by atoms with van der Waals surface area (Å²) < 4.78 is 6.00. The van der Waals surface area contributed by atoms with Crippen LogP contribution in [-0.2, 0) is 6.61 Å². The molecule has 0 unspecified atom stereocenters. The molecule has 4 aromatic rings. The van der Waals surface area contributed by atoms with Gasteiger partial charge in [0, 0.05) is 11.1 Å². The van der Waals surface area contributed by atoms with Gasteiger partial charge >= 0.3 is 0 Å². The number of benzene rings is 3. The molecule has 1 heterocycles. The van der Waals surface area contributed by atoms with Crippen molar-refractivity contribution in [1.29, 1.82) is 0 Å². The maximum absolute atomic E-state index is 13.1. The molecule has 0 aliphatic rings. The number of ether oxygens (including phenoxy) is 1. The van der Waals surface area contributed by atoms with Gasteiger partial charge in [0.25, 0.3) is 5.91 Å². The molecular weight excluding hydrogens is 362 g/mol.